The van der Waals surface area contributed by atoms with E-state index in [4.69, 9.17) is 15.2 Å². The van der Waals surface area contributed by atoms with Gasteiger partial charge in [0.25, 0.3) is 0 Å². The Kier molecular flexibility index (Phi) is 5.32. The van der Waals surface area contributed by atoms with Crippen molar-refractivity contribution in [1.82, 2.24) is 0 Å². The maximum absolute atomic E-state index is 13.6. The molecule has 2 N–H and O–H groups in total. The Hall–Kier alpha value is -1.13. The van der Waals surface area contributed by atoms with E-state index in [2.05, 4.69) is 0 Å². The summed E-state index contributed by atoms with van der Waals surface area (Å²) in [5, 5.41) is 0. The molecule has 0 fully saturated rings. The largest absolute Gasteiger partial charge is 0.493 e. The van der Waals surface area contributed by atoms with Crippen LogP contribution >= 0.6 is 0 Å². The van der Waals surface area contributed by atoms with E-state index in [9.17, 15) is 4.39 Å². The van der Waals surface area contributed by atoms with Gasteiger partial charge in [0, 0.05) is 25.1 Å². The zero-order valence-electron chi connectivity index (χ0n) is 12.4. The first kappa shape index (κ1) is 15.9. The first-order valence-electron chi connectivity index (χ1n) is 6.50. The van der Waals surface area contributed by atoms with E-state index < -0.39 is 0 Å². The molecule has 0 aromatic heterocycles. The summed E-state index contributed by atoms with van der Waals surface area (Å²) < 4.78 is 24.6. The molecule has 0 radical (unpaired) electrons. The molecule has 0 unspecified atom stereocenters. The molecule has 0 aliphatic heterocycles. The van der Waals surface area contributed by atoms with Crippen molar-refractivity contribution in [1.29, 1.82) is 0 Å². The van der Waals surface area contributed by atoms with Crippen LogP contribution in [0.15, 0.2) is 12.1 Å². The number of hydrogen-bond donors (Lipinski definition) is 1. The maximum Gasteiger partial charge on any atom is 0.126 e. The predicted octanol–water partition coefficient (Wildman–Crippen LogP) is 3.35. The quantitative estimate of drug-likeness (QED) is 0.861. The number of rotatable bonds is 6. The Labute approximate surface area is 114 Å². The molecule has 0 saturated heterocycles. The van der Waals surface area contributed by atoms with Gasteiger partial charge >= 0.3 is 0 Å². The van der Waals surface area contributed by atoms with Gasteiger partial charge in [-0.05, 0) is 45.4 Å². The van der Waals surface area contributed by atoms with Gasteiger partial charge in [0.15, 0.2) is 0 Å². The summed E-state index contributed by atoms with van der Waals surface area (Å²) in [6.45, 7) is 8.03. The molecule has 19 heavy (non-hydrogen) atoms. The topological polar surface area (TPSA) is 44.5 Å². The van der Waals surface area contributed by atoms with Gasteiger partial charge in [-0.3, -0.25) is 0 Å². The summed E-state index contributed by atoms with van der Waals surface area (Å²) in [4.78, 5) is 0. The number of nitrogens with two attached hydrogens (primary N) is 1. The van der Waals surface area contributed by atoms with Crippen molar-refractivity contribution in [2.24, 2.45) is 5.73 Å². The SMILES string of the molecule is COC(C)(C)CCOc1cc(C)c(F)cc1[C@H](C)N. The van der Waals surface area contributed by atoms with Crippen molar-refractivity contribution in [3.63, 3.8) is 0 Å². The minimum atomic E-state index is -0.263. The molecule has 0 saturated carbocycles. The molecule has 1 aromatic rings. The highest BCUT2D eigenvalue weighted by Crippen LogP contribution is 2.27. The van der Waals surface area contributed by atoms with Crippen LogP contribution in [0.2, 0.25) is 0 Å². The Morgan fingerprint density at radius 2 is 2.00 bits per heavy atom. The third-order valence-corrected chi connectivity index (χ3v) is 3.30. The fourth-order valence-electron chi connectivity index (χ4n) is 1.66. The zero-order chi connectivity index (χ0) is 14.6. The van der Waals surface area contributed by atoms with E-state index >= 15 is 0 Å². The minimum absolute atomic E-state index is 0.233. The van der Waals surface area contributed by atoms with Crippen LogP contribution in [0.25, 0.3) is 0 Å². The molecule has 0 amide bonds. The van der Waals surface area contributed by atoms with E-state index in [1.165, 1.54) is 6.07 Å². The summed E-state index contributed by atoms with van der Waals surface area (Å²) >= 11 is 0. The van der Waals surface area contributed by atoms with E-state index in [1.54, 1.807) is 20.1 Å². The second-order valence-corrected chi connectivity index (χ2v) is 5.49. The third kappa shape index (κ3) is 4.48. The molecule has 4 heteroatoms. The highest BCUT2D eigenvalue weighted by Gasteiger charge is 2.17. The molecule has 0 bridgehead atoms. The van der Waals surface area contributed by atoms with Gasteiger partial charge in [0.05, 0.1) is 12.2 Å². The Balaban J connectivity index is 2.80. The number of benzene rings is 1. The monoisotopic (exact) mass is 269 g/mol. The average molecular weight is 269 g/mol. The predicted molar refractivity (Wildman–Crippen MR) is 74.9 cm³/mol. The first-order valence-corrected chi connectivity index (χ1v) is 6.50. The number of hydrogen-bond acceptors (Lipinski definition) is 3. The normalized spacial score (nSPS) is 13.4. The van der Waals surface area contributed by atoms with E-state index in [0.717, 1.165) is 6.42 Å². The van der Waals surface area contributed by atoms with Gasteiger partial charge < -0.3 is 15.2 Å². The maximum atomic E-state index is 13.6. The smallest absolute Gasteiger partial charge is 0.126 e. The summed E-state index contributed by atoms with van der Waals surface area (Å²) in [5.74, 6) is 0.401. The van der Waals surface area contributed by atoms with Crippen LogP contribution in [-0.4, -0.2) is 19.3 Å². The Morgan fingerprint density at radius 3 is 2.53 bits per heavy atom. The summed E-state index contributed by atoms with van der Waals surface area (Å²) in [6.07, 6.45) is 0.748. The van der Waals surface area contributed by atoms with Gasteiger partial charge in [-0.15, -0.1) is 0 Å². The molecule has 0 spiro atoms. The van der Waals surface area contributed by atoms with Gasteiger partial charge in [-0.2, -0.15) is 0 Å². The number of ether oxygens (including phenoxy) is 2. The lowest BCUT2D eigenvalue weighted by atomic mass is 10.0. The van der Waals surface area contributed by atoms with Crippen LogP contribution in [0, 0.1) is 12.7 Å². The standard InChI is InChI=1S/C15H24FNO2/c1-10-8-14(12(11(2)17)9-13(10)16)19-7-6-15(3,4)18-5/h8-9,11H,6-7,17H2,1-5H3/t11-/m0/s1. The molecule has 1 rings (SSSR count). The van der Waals surface area contributed by atoms with Gasteiger partial charge in [-0.1, -0.05) is 0 Å². The highest BCUT2D eigenvalue weighted by atomic mass is 19.1. The minimum Gasteiger partial charge on any atom is -0.493 e. The van der Waals surface area contributed by atoms with Gasteiger partial charge in [0.1, 0.15) is 11.6 Å². The average Bonchev–Trinajstić information content (AvgIpc) is 2.32. The lowest BCUT2D eigenvalue weighted by Crippen LogP contribution is -2.25. The Morgan fingerprint density at radius 1 is 1.37 bits per heavy atom. The summed E-state index contributed by atoms with van der Waals surface area (Å²) in [5.41, 5.74) is 6.87. The molecular formula is C15H24FNO2. The molecule has 3 nitrogen and oxygen atoms in total. The molecule has 108 valence electrons. The third-order valence-electron chi connectivity index (χ3n) is 3.30. The second kappa shape index (κ2) is 6.35. The summed E-state index contributed by atoms with van der Waals surface area (Å²) in [6, 6.07) is 2.89. The van der Waals surface area contributed by atoms with E-state index in [-0.39, 0.29) is 17.5 Å². The number of halogens is 1. The fraction of sp³-hybridized carbons (Fsp3) is 0.600. The first-order chi connectivity index (χ1) is 8.76. The van der Waals surface area contributed by atoms with Crippen molar-refractivity contribution >= 4 is 0 Å². The molecule has 0 aliphatic rings. The van der Waals surface area contributed by atoms with Crippen molar-refractivity contribution in [3.05, 3.63) is 29.1 Å². The second-order valence-electron chi connectivity index (χ2n) is 5.49. The molecule has 0 heterocycles. The molecule has 0 aliphatic carbocycles. The van der Waals surface area contributed by atoms with Gasteiger partial charge in [-0.25, -0.2) is 4.39 Å². The molecule has 1 aromatic carbocycles. The van der Waals surface area contributed by atoms with Crippen LogP contribution in [-0.2, 0) is 4.74 Å². The molecule has 1 atom stereocenters. The van der Waals surface area contributed by atoms with Crippen LogP contribution < -0.4 is 10.5 Å². The van der Waals surface area contributed by atoms with Gasteiger partial charge in [0.2, 0.25) is 0 Å². The number of aryl methyl sites for hydroxylation is 1. The van der Waals surface area contributed by atoms with E-state index in [0.29, 0.717) is 23.5 Å². The van der Waals surface area contributed by atoms with Crippen LogP contribution in [0.3, 0.4) is 0 Å². The lowest BCUT2D eigenvalue weighted by molar-refractivity contribution is 0.00535. The van der Waals surface area contributed by atoms with Crippen LogP contribution in [0.4, 0.5) is 4.39 Å². The van der Waals surface area contributed by atoms with Crippen molar-refractivity contribution in [2.75, 3.05) is 13.7 Å². The van der Waals surface area contributed by atoms with E-state index in [1.807, 2.05) is 20.8 Å². The zero-order valence-corrected chi connectivity index (χ0v) is 12.4. The highest BCUT2D eigenvalue weighted by molar-refractivity contribution is 5.39. The molecular weight excluding hydrogens is 245 g/mol. The fourth-order valence-corrected chi connectivity index (χ4v) is 1.66. The lowest BCUT2D eigenvalue weighted by Gasteiger charge is -2.23. The Bertz CT molecular complexity index is 430. The van der Waals surface area contributed by atoms with Crippen molar-refractivity contribution in [3.8, 4) is 5.75 Å². The van der Waals surface area contributed by atoms with Crippen molar-refractivity contribution < 1.29 is 13.9 Å². The van der Waals surface area contributed by atoms with Crippen LogP contribution in [0.1, 0.15) is 44.4 Å². The van der Waals surface area contributed by atoms with Crippen molar-refractivity contribution in [2.45, 2.75) is 45.8 Å². The summed E-state index contributed by atoms with van der Waals surface area (Å²) in [7, 11) is 1.68. The van der Waals surface area contributed by atoms with Crippen LogP contribution in [0.5, 0.6) is 5.75 Å². The number of methoxy groups -OCH3 is 1.